The van der Waals surface area contributed by atoms with Crippen molar-refractivity contribution in [3.63, 3.8) is 0 Å². The lowest BCUT2D eigenvalue weighted by molar-refractivity contribution is -0.145. The number of carbonyl (C=O) groups excluding carboxylic acids is 1. The van der Waals surface area contributed by atoms with E-state index in [1.165, 1.54) is 0 Å². The summed E-state index contributed by atoms with van der Waals surface area (Å²) in [5, 5.41) is 1.37. The van der Waals surface area contributed by atoms with Crippen LogP contribution in [0.1, 0.15) is 24.5 Å². The molecule has 1 aliphatic carbocycles. The second-order valence-corrected chi connectivity index (χ2v) is 6.37. The van der Waals surface area contributed by atoms with Crippen molar-refractivity contribution in [3.8, 4) is 0 Å². The average Bonchev–Trinajstić information content (AvgIpc) is 3.26. The summed E-state index contributed by atoms with van der Waals surface area (Å²) < 4.78 is 5.22. The first-order valence-electron chi connectivity index (χ1n) is 7.26. The Bertz CT molecular complexity index is 632. The van der Waals surface area contributed by atoms with Gasteiger partial charge in [-0.1, -0.05) is 47.5 Å². The number of benzene rings is 2. The van der Waals surface area contributed by atoms with Crippen molar-refractivity contribution < 1.29 is 9.53 Å². The third-order valence-electron chi connectivity index (χ3n) is 4.25. The molecule has 0 N–H and O–H groups in total. The number of ether oxygens (including phenoxy) is 1. The van der Waals surface area contributed by atoms with Gasteiger partial charge in [0.05, 0.1) is 12.5 Å². The highest BCUT2D eigenvalue weighted by molar-refractivity contribution is 6.30. The van der Waals surface area contributed by atoms with Crippen LogP contribution >= 0.6 is 23.2 Å². The van der Waals surface area contributed by atoms with Crippen LogP contribution in [0.15, 0.2) is 48.5 Å². The molecular formula is C18H16Cl2O2. The van der Waals surface area contributed by atoms with E-state index in [9.17, 15) is 4.79 Å². The lowest BCUT2D eigenvalue weighted by Gasteiger charge is -2.19. The monoisotopic (exact) mass is 334 g/mol. The van der Waals surface area contributed by atoms with Gasteiger partial charge in [-0.05, 0) is 48.7 Å². The standard InChI is InChI=1S/C18H16Cl2O2/c1-2-22-17(21)16-11-18(16,12-3-7-14(19)8-4-12)13-5-9-15(20)10-6-13/h3-10,16H,2,11H2,1H3/t16-/m1/s1. The molecule has 1 fully saturated rings. The Morgan fingerprint density at radius 2 is 1.50 bits per heavy atom. The lowest BCUT2D eigenvalue weighted by Crippen LogP contribution is -2.18. The molecule has 0 radical (unpaired) electrons. The molecule has 22 heavy (non-hydrogen) atoms. The van der Waals surface area contributed by atoms with Crippen molar-refractivity contribution in [2.24, 2.45) is 5.92 Å². The minimum atomic E-state index is -0.332. The van der Waals surface area contributed by atoms with Crippen LogP contribution in [0, 0.1) is 5.92 Å². The third kappa shape index (κ3) is 2.62. The van der Waals surface area contributed by atoms with Crippen LogP contribution in [0.25, 0.3) is 0 Å². The maximum Gasteiger partial charge on any atom is 0.310 e. The van der Waals surface area contributed by atoms with Gasteiger partial charge >= 0.3 is 5.97 Å². The van der Waals surface area contributed by atoms with Gasteiger partial charge in [-0.2, -0.15) is 0 Å². The molecule has 0 heterocycles. The number of rotatable bonds is 4. The average molecular weight is 335 g/mol. The number of halogens is 2. The van der Waals surface area contributed by atoms with E-state index in [0.29, 0.717) is 16.7 Å². The fourth-order valence-corrected chi connectivity index (χ4v) is 3.34. The number of hydrogen-bond acceptors (Lipinski definition) is 2. The van der Waals surface area contributed by atoms with Gasteiger partial charge in [0.1, 0.15) is 0 Å². The summed E-state index contributed by atoms with van der Waals surface area (Å²) >= 11 is 12.0. The smallest absolute Gasteiger partial charge is 0.310 e. The van der Waals surface area contributed by atoms with Crippen molar-refractivity contribution in [2.75, 3.05) is 6.61 Å². The topological polar surface area (TPSA) is 26.3 Å². The lowest BCUT2D eigenvalue weighted by atomic mass is 9.86. The molecule has 0 unspecified atom stereocenters. The van der Waals surface area contributed by atoms with Gasteiger partial charge in [0.2, 0.25) is 0 Å². The Labute approximate surface area is 140 Å². The van der Waals surface area contributed by atoms with Gasteiger partial charge in [-0.25, -0.2) is 0 Å². The fraction of sp³-hybridized carbons (Fsp3) is 0.278. The molecule has 1 saturated carbocycles. The summed E-state index contributed by atoms with van der Waals surface area (Å²) in [5.41, 5.74) is 1.83. The van der Waals surface area contributed by atoms with Gasteiger partial charge in [0.25, 0.3) is 0 Å². The zero-order chi connectivity index (χ0) is 15.7. The molecule has 2 aromatic carbocycles. The number of hydrogen-bond donors (Lipinski definition) is 0. The van der Waals surface area contributed by atoms with Crippen molar-refractivity contribution in [1.82, 2.24) is 0 Å². The Balaban J connectivity index is 2.02. The maximum atomic E-state index is 12.2. The molecule has 0 aliphatic heterocycles. The van der Waals surface area contributed by atoms with Crippen LogP contribution in [0.3, 0.4) is 0 Å². The molecule has 0 aromatic heterocycles. The van der Waals surface area contributed by atoms with Gasteiger partial charge in [-0.3, -0.25) is 4.79 Å². The van der Waals surface area contributed by atoms with E-state index in [1.807, 2.05) is 55.5 Å². The molecule has 1 atom stereocenters. The molecule has 0 amide bonds. The van der Waals surface area contributed by atoms with Crippen molar-refractivity contribution >= 4 is 29.2 Å². The van der Waals surface area contributed by atoms with Gasteiger partial charge < -0.3 is 4.74 Å². The minimum Gasteiger partial charge on any atom is -0.466 e. The summed E-state index contributed by atoms with van der Waals surface area (Å²) in [6, 6.07) is 15.4. The summed E-state index contributed by atoms with van der Waals surface area (Å²) in [5.74, 6) is -0.304. The van der Waals surface area contributed by atoms with Crippen molar-refractivity contribution in [2.45, 2.75) is 18.8 Å². The Hall–Kier alpha value is -1.51. The van der Waals surface area contributed by atoms with Crippen LogP contribution in [-0.2, 0) is 14.9 Å². The SMILES string of the molecule is CCOC(=O)[C@H]1CC1(c1ccc(Cl)cc1)c1ccc(Cl)cc1. The Kier molecular flexibility index (Phi) is 4.16. The summed E-state index contributed by atoms with van der Waals surface area (Å²) in [6.07, 6.45) is 0.745. The molecule has 1 aliphatic rings. The fourth-order valence-electron chi connectivity index (χ4n) is 3.09. The third-order valence-corrected chi connectivity index (χ3v) is 4.75. The molecule has 3 rings (SSSR count). The van der Waals surface area contributed by atoms with Gasteiger partial charge in [0.15, 0.2) is 0 Å². The van der Waals surface area contributed by atoms with E-state index in [1.54, 1.807) is 0 Å². The maximum absolute atomic E-state index is 12.2. The van der Waals surface area contributed by atoms with E-state index < -0.39 is 0 Å². The first-order valence-corrected chi connectivity index (χ1v) is 8.02. The van der Waals surface area contributed by atoms with Gasteiger partial charge in [0, 0.05) is 15.5 Å². The largest absolute Gasteiger partial charge is 0.466 e. The van der Waals surface area contributed by atoms with Crippen LogP contribution in [0.2, 0.25) is 10.0 Å². The van der Waals surface area contributed by atoms with E-state index in [-0.39, 0.29) is 17.3 Å². The highest BCUT2D eigenvalue weighted by atomic mass is 35.5. The molecular weight excluding hydrogens is 319 g/mol. The molecule has 4 heteroatoms. The molecule has 114 valence electrons. The zero-order valence-corrected chi connectivity index (χ0v) is 13.7. The first kappa shape index (κ1) is 15.4. The molecule has 2 aromatic rings. The van der Waals surface area contributed by atoms with E-state index in [0.717, 1.165) is 17.5 Å². The number of esters is 1. The Morgan fingerprint density at radius 3 is 1.91 bits per heavy atom. The van der Waals surface area contributed by atoms with E-state index >= 15 is 0 Å². The quantitative estimate of drug-likeness (QED) is 0.746. The summed E-state index contributed by atoms with van der Waals surface area (Å²) in [4.78, 5) is 12.2. The van der Waals surface area contributed by atoms with Crippen molar-refractivity contribution in [3.05, 3.63) is 69.7 Å². The van der Waals surface area contributed by atoms with Crippen LogP contribution in [0.4, 0.5) is 0 Å². The first-order chi connectivity index (χ1) is 10.6. The summed E-state index contributed by atoms with van der Waals surface area (Å²) in [7, 11) is 0. The Morgan fingerprint density at radius 1 is 1.05 bits per heavy atom. The van der Waals surface area contributed by atoms with Crippen LogP contribution in [0.5, 0.6) is 0 Å². The normalized spacial score (nSPS) is 18.8. The highest BCUT2D eigenvalue weighted by Crippen LogP contribution is 2.59. The van der Waals surface area contributed by atoms with Crippen LogP contribution in [-0.4, -0.2) is 12.6 Å². The molecule has 2 nitrogen and oxygen atoms in total. The minimum absolute atomic E-state index is 0.146. The van der Waals surface area contributed by atoms with Gasteiger partial charge in [-0.15, -0.1) is 0 Å². The van der Waals surface area contributed by atoms with Crippen LogP contribution < -0.4 is 0 Å². The van der Waals surface area contributed by atoms with Crippen molar-refractivity contribution in [1.29, 1.82) is 0 Å². The predicted molar refractivity (Wildman–Crippen MR) is 88.4 cm³/mol. The summed E-state index contributed by atoms with van der Waals surface area (Å²) in [6.45, 7) is 2.22. The highest BCUT2D eigenvalue weighted by Gasteiger charge is 2.61. The molecule has 0 saturated heterocycles. The van der Waals surface area contributed by atoms with E-state index in [4.69, 9.17) is 27.9 Å². The second-order valence-electron chi connectivity index (χ2n) is 5.49. The predicted octanol–water partition coefficient (Wildman–Crippen LogP) is 4.86. The number of carbonyl (C=O) groups is 1. The second kappa shape index (κ2) is 5.94. The zero-order valence-electron chi connectivity index (χ0n) is 12.2. The molecule has 0 spiro atoms. The van der Waals surface area contributed by atoms with E-state index in [2.05, 4.69) is 0 Å². The molecule has 0 bridgehead atoms.